The normalized spacial score (nSPS) is 10.6. The number of amides is 1. The topological polar surface area (TPSA) is 89.7 Å². The third-order valence-electron chi connectivity index (χ3n) is 4.34. The highest BCUT2D eigenvalue weighted by Gasteiger charge is 2.14. The van der Waals surface area contributed by atoms with E-state index < -0.39 is 0 Å². The van der Waals surface area contributed by atoms with Crippen molar-refractivity contribution in [3.63, 3.8) is 0 Å². The summed E-state index contributed by atoms with van der Waals surface area (Å²) < 4.78 is 16.1. The van der Waals surface area contributed by atoms with Crippen molar-refractivity contribution in [3.8, 4) is 11.5 Å². The number of aromatic nitrogens is 2. The van der Waals surface area contributed by atoms with Crippen molar-refractivity contribution in [3.05, 3.63) is 53.4 Å². The predicted octanol–water partition coefficient (Wildman–Crippen LogP) is 4.50. The van der Waals surface area contributed by atoms with Crippen LogP contribution in [0.15, 0.2) is 52.1 Å². The van der Waals surface area contributed by atoms with E-state index in [9.17, 15) is 4.79 Å². The number of benzene rings is 2. The van der Waals surface area contributed by atoms with Gasteiger partial charge in [0.25, 0.3) is 5.22 Å². The van der Waals surface area contributed by atoms with Crippen LogP contribution in [0.25, 0.3) is 0 Å². The van der Waals surface area contributed by atoms with Crippen molar-refractivity contribution >= 4 is 40.6 Å². The lowest BCUT2D eigenvalue weighted by atomic mass is 10.2. The van der Waals surface area contributed by atoms with Crippen LogP contribution in [0.5, 0.6) is 11.5 Å². The van der Waals surface area contributed by atoms with Crippen LogP contribution >= 0.6 is 23.4 Å². The minimum absolute atomic E-state index is 0.130. The minimum Gasteiger partial charge on any atom is -0.493 e. The Morgan fingerprint density at radius 2 is 1.87 bits per heavy atom. The minimum atomic E-state index is -0.201. The standard InChI is InChI=1S/C21H23ClN4O4S/c1-4-26(16-8-5-14(22)6-9-16)12-20-24-25-21(30-20)31-13-19(27)23-15-7-10-17(28-2)18(11-15)29-3/h5-11H,4,12-13H2,1-3H3,(H,23,27). The summed E-state index contributed by atoms with van der Waals surface area (Å²) in [5.41, 5.74) is 1.62. The van der Waals surface area contributed by atoms with Crippen molar-refractivity contribution in [2.24, 2.45) is 0 Å². The van der Waals surface area contributed by atoms with E-state index in [1.807, 2.05) is 31.2 Å². The van der Waals surface area contributed by atoms with E-state index in [4.69, 9.17) is 25.5 Å². The quantitative estimate of drug-likeness (QED) is 0.440. The molecule has 1 aromatic heterocycles. The number of nitrogens with one attached hydrogen (secondary N) is 1. The van der Waals surface area contributed by atoms with Gasteiger partial charge in [-0.25, -0.2) is 0 Å². The number of rotatable bonds is 10. The summed E-state index contributed by atoms with van der Waals surface area (Å²) >= 11 is 7.13. The Labute approximate surface area is 189 Å². The summed E-state index contributed by atoms with van der Waals surface area (Å²) in [4.78, 5) is 14.4. The Kier molecular flexibility index (Phi) is 8.02. The van der Waals surface area contributed by atoms with E-state index in [1.54, 1.807) is 32.4 Å². The zero-order valence-electron chi connectivity index (χ0n) is 17.4. The van der Waals surface area contributed by atoms with E-state index in [-0.39, 0.29) is 11.7 Å². The Morgan fingerprint density at radius 3 is 2.55 bits per heavy atom. The molecule has 3 rings (SSSR count). The maximum absolute atomic E-state index is 12.3. The molecule has 1 amide bonds. The molecule has 2 aromatic carbocycles. The van der Waals surface area contributed by atoms with E-state index >= 15 is 0 Å². The Balaban J connectivity index is 1.53. The van der Waals surface area contributed by atoms with Crippen LogP contribution in [0.4, 0.5) is 11.4 Å². The van der Waals surface area contributed by atoms with Gasteiger partial charge in [0.05, 0.1) is 26.5 Å². The van der Waals surface area contributed by atoms with E-state index in [1.165, 1.54) is 11.8 Å². The highest BCUT2D eigenvalue weighted by atomic mass is 35.5. The number of thioether (sulfide) groups is 1. The molecule has 1 heterocycles. The van der Waals surface area contributed by atoms with Crippen LogP contribution in [0, 0.1) is 0 Å². The van der Waals surface area contributed by atoms with Gasteiger partial charge in [-0.15, -0.1) is 10.2 Å². The molecule has 0 atom stereocenters. The average molecular weight is 463 g/mol. The number of methoxy groups -OCH3 is 2. The third-order valence-corrected chi connectivity index (χ3v) is 5.41. The molecule has 0 spiro atoms. The largest absolute Gasteiger partial charge is 0.493 e. The number of hydrogen-bond donors (Lipinski definition) is 1. The summed E-state index contributed by atoms with van der Waals surface area (Å²) in [6, 6.07) is 12.7. The van der Waals surface area contributed by atoms with E-state index in [0.29, 0.717) is 39.9 Å². The van der Waals surface area contributed by atoms with Crippen LogP contribution in [0.2, 0.25) is 5.02 Å². The van der Waals surface area contributed by atoms with E-state index in [2.05, 4.69) is 20.4 Å². The SMILES string of the molecule is CCN(Cc1nnc(SCC(=O)Nc2ccc(OC)c(OC)c2)o1)c1ccc(Cl)cc1. The van der Waals surface area contributed by atoms with Gasteiger partial charge in [0, 0.05) is 29.0 Å². The molecule has 31 heavy (non-hydrogen) atoms. The Morgan fingerprint density at radius 1 is 1.13 bits per heavy atom. The van der Waals surface area contributed by atoms with Crippen LogP contribution in [-0.4, -0.2) is 42.6 Å². The number of carbonyl (C=O) groups excluding carboxylic acids is 1. The molecule has 0 saturated carbocycles. The molecule has 0 unspecified atom stereocenters. The molecule has 10 heteroatoms. The molecule has 0 saturated heterocycles. The molecule has 0 aliphatic heterocycles. The van der Waals surface area contributed by atoms with Gasteiger partial charge in [0.1, 0.15) is 0 Å². The molecule has 0 aliphatic rings. The first-order valence-corrected chi connectivity index (χ1v) is 10.9. The van der Waals surface area contributed by atoms with Gasteiger partial charge in [-0.3, -0.25) is 4.79 Å². The van der Waals surface area contributed by atoms with Gasteiger partial charge in [-0.1, -0.05) is 23.4 Å². The maximum atomic E-state index is 12.3. The number of nitrogens with zero attached hydrogens (tertiary/aromatic N) is 3. The Hall–Kier alpha value is -2.91. The summed E-state index contributed by atoms with van der Waals surface area (Å²) in [5, 5.41) is 11.9. The van der Waals surface area contributed by atoms with Gasteiger partial charge in [-0.2, -0.15) is 0 Å². The molecule has 164 valence electrons. The smallest absolute Gasteiger partial charge is 0.277 e. The van der Waals surface area contributed by atoms with Crippen LogP contribution in [-0.2, 0) is 11.3 Å². The van der Waals surface area contributed by atoms with Crippen LogP contribution in [0.3, 0.4) is 0 Å². The number of carbonyl (C=O) groups is 1. The summed E-state index contributed by atoms with van der Waals surface area (Å²) in [6.07, 6.45) is 0. The number of ether oxygens (including phenoxy) is 2. The highest BCUT2D eigenvalue weighted by Crippen LogP contribution is 2.30. The maximum Gasteiger partial charge on any atom is 0.277 e. The number of hydrogen-bond acceptors (Lipinski definition) is 8. The molecular weight excluding hydrogens is 440 g/mol. The molecule has 0 bridgehead atoms. The summed E-state index contributed by atoms with van der Waals surface area (Å²) in [6.45, 7) is 3.27. The highest BCUT2D eigenvalue weighted by molar-refractivity contribution is 7.99. The second-order valence-electron chi connectivity index (χ2n) is 6.36. The van der Waals surface area contributed by atoms with Gasteiger partial charge in [-0.05, 0) is 43.3 Å². The third kappa shape index (κ3) is 6.28. The van der Waals surface area contributed by atoms with Crippen molar-refractivity contribution in [1.82, 2.24) is 10.2 Å². The van der Waals surface area contributed by atoms with Crippen molar-refractivity contribution < 1.29 is 18.7 Å². The van der Waals surface area contributed by atoms with Crippen molar-refractivity contribution in [2.75, 3.05) is 36.7 Å². The molecule has 0 fully saturated rings. The monoisotopic (exact) mass is 462 g/mol. The first kappa shape index (κ1) is 22.8. The zero-order chi connectivity index (χ0) is 22.2. The average Bonchev–Trinajstić information content (AvgIpc) is 3.24. The van der Waals surface area contributed by atoms with Crippen molar-refractivity contribution in [1.29, 1.82) is 0 Å². The lowest BCUT2D eigenvalue weighted by molar-refractivity contribution is -0.113. The molecule has 0 aliphatic carbocycles. The van der Waals surface area contributed by atoms with Crippen LogP contribution < -0.4 is 19.7 Å². The molecule has 3 aromatic rings. The van der Waals surface area contributed by atoms with Crippen LogP contribution in [0.1, 0.15) is 12.8 Å². The molecule has 0 radical (unpaired) electrons. The summed E-state index contributed by atoms with van der Waals surface area (Å²) in [5.74, 6) is 1.53. The lowest BCUT2D eigenvalue weighted by Gasteiger charge is -2.21. The first-order chi connectivity index (χ1) is 15.0. The van der Waals surface area contributed by atoms with Gasteiger partial charge in [0.2, 0.25) is 11.8 Å². The molecule has 1 N–H and O–H groups in total. The number of halogens is 1. The fourth-order valence-electron chi connectivity index (χ4n) is 2.80. The zero-order valence-corrected chi connectivity index (χ0v) is 19.0. The number of anilines is 2. The van der Waals surface area contributed by atoms with E-state index in [0.717, 1.165) is 12.2 Å². The summed E-state index contributed by atoms with van der Waals surface area (Å²) in [7, 11) is 3.10. The molecule has 8 nitrogen and oxygen atoms in total. The van der Waals surface area contributed by atoms with Gasteiger partial charge >= 0.3 is 0 Å². The van der Waals surface area contributed by atoms with Crippen molar-refractivity contribution in [2.45, 2.75) is 18.7 Å². The molecular formula is C21H23ClN4O4S. The fraction of sp³-hybridized carbons (Fsp3) is 0.286. The first-order valence-electron chi connectivity index (χ1n) is 9.50. The van der Waals surface area contributed by atoms with Gasteiger partial charge in [0.15, 0.2) is 11.5 Å². The van der Waals surface area contributed by atoms with Gasteiger partial charge < -0.3 is 24.1 Å². The predicted molar refractivity (Wildman–Crippen MR) is 121 cm³/mol. The second-order valence-corrected chi connectivity index (χ2v) is 7.72. The lowest BCUT2D eigenvalue weighted by Crippen LogP contribution is -2.22. The Bertz CT molecular complexity index is 1010. The fourth-order valence-corrected chi connectivity index (χ4v) is 3.51. The second kappa shape index (κ2) is 10.9.